The number of carbonyl (C=O) groups excluding carboxylic acids is 1. The Labute approximate surface area is 172 Å². The highest BCUT2D eigenvalue weighted by atomic mass is 19.1. The number of hydrogen-bond acceptors (Lipinski definition) is 4. The van der Waals surface area contributed by atoms with Crippen molar-refractivity contribution < 1.29 is 13.6 Å². The summed E-state index contributed by atoms with van der Waals surface area (Å²) in [4.78, 5) is 21.5. The molecule has 0 bridgehead atoms. The van der Waals surface area contributed by atoms with E-state index in [4.69, 9.17) is 4.98 Å². The Balaban J connectivity index is 1.60. The van der Waals surface area contributed by atoms with Gasteiger partial charge in [-0.15, -0.1) is 0 Å². The molecule has 152 valence electrons. The van der Waals surface area contributed by atoms with Crippen LogP contribution in [-0.4, -0.2) is 22.4 Å². The normalized spacial score (nSPS) is 16.1. The van der Waals surface area contributed by atoms with Gasteiger partial charge in [-0.05, 0) is 29.8 Å². The van der Waals surface area contributed by atoms with Crippen molar-refractivity contribution in [2.45, 2.75) is 32.2 Å². The number of rotatable bonds is 3. The van der Waals surface area contributed by atoms with Crippen LogP contribution in [0.15, 0.2) is 36.4 Å². The van der Waals surface area contributed by atoms with Gasteiger partial charge < -0.3 is 10.6 Å². The molecule has 30 heavy (non-hydrogen) atoms. The van der Waals surface area contributed by atoms with Gasteiger partial charge in [0, 0.05) is 29.6 Å². The van der Waals surface area contributed by atoms with Crippen LogP contribution in [0.2, 0.25) is 0 Å². The predicted octanol–water partition coefficient (Wildman–Crippen LogP) is 3.96. The standard InChI is InChI=1S/C23H20F2N4O/c1-23(2)11-27-21-14(23)7-6-13(28-21)8-12-9-17(20-15(24)4-3-5-16(20)25)29-18-10-26-22(30)19(12)18/h3-7,9H,8,10-11H2,1-2H3,(H,26,30)(H,27,28). The maximum atomic E-state index is 14.4. The molecular weight excluding hydrogens is 386 g/mol. The Morgan fingerprint density at radius 2 is 1.80 bits per heavy atom. The second kappa shape index (κ2) is 6.58. The number of nitrogens with zero attached hydrogens (tertiary/aromatic N) is 2. The van der Waals surface area contributed by atoms with E-state index in [-0.39, 0.29) is 29.1 Å². The lowest BCUT2D eigenvalue weighted by molar-refractivity contribution is 0.0965. The van der Waals surface area contributed by atoms with Crippen LogP contribution in [0, 0.1) is 11.6 Å². The molecule has 5 nitrogen and oxygen atoms in total. The van der Waals surface area contributed by atoms with Crippen LogP contribution in [0.25, 0.3) is 11.3 Å². The van der Waals surface area contributed by atoms with E-state index in [1.165, 1.54) is 18.2 Å². The third-order valence-electron chi connectivity index (χ3n) is 5.79. The van der Waals surface area contributed by atoms with E-state index in [1.807, 2.05) is 6.07 Å². The monoisotopic (exact) mass is 406 g/mol. The lowest BCUT2D eigenvalue weighted by atomic mass is 9.88. The minimum absolute atomic E-state index is 0.00813. The SMILES string of the molecule is CC1(C)CNc2nc(Cc3cc(-c4c(F)cccc4F)nc4c3C(=O)NC4)ccc21. The number of nitrogens with one attached hydrogen (secondary N) is 2. The molecule has 0 atom stereocenters. The summed E-state index contributed by atoms with van der Waals surface area (Å²) in [6.07, 6.45) is 0.358. The van der Waals surface area contributed by atoms with Crippen molar-refractivity contribution in [1.82, 2.24) is 15.3 Å². The van der Waals surface area contributed by atoms with Crippen LogP contribution in [0.3, 0.4) is 0 Å². The highest BCUT2D eigenvalue weighted by Gasteiger charge is 2.31. The van der Waals surface area contributed by atoms with Gasteiger partial charge in [0.05, 0.1) is 29.1 Å². The van der Waals surface area contributed by atoms with Crippen molar-refractivity contribution in [1.29, 1.82) is 0 Å². The lowest BCUT2D eigenvalue weighted by Crippen LogP contribution is -2.18. The quantitative estimate of drug-likeness (QED) is 0.691. The van der Waals surface area contributed by atoms with Crippen LogP contribution in [-0.2, 0) is 18.4 Å². The zero-order valence-corrected chi connectivity index (χ0v) is 16.6. The van der Waals surface area contributed by atoms with Gasteiger partial charge in [-0.1, -0.05) is 26.0 Å². The largest absolute Gasteiger partial charge is 0.369 e. The summed E-state index contributed by atoms with van der Waals surface area (Å²) >= 11 is 0. The van der Waals surface area contributed by atoms with Crippen molar-refractivity contribution in [2.75, 3.05) is 11.9 Å². The summed E-state index contributed by atoms with van der Waals surface area (Å²) in [6.45, 7) is 5.35. The average molecular weight is 406 g/mol. The molecule has 0 unspecified atom stereocenters. The van der Waals surface area contributed by atoms with Crippen LogP contribution < -0.4 is 10.6 Å². The third-order valence-corrected chi connectivity index (χ3v) is 5.79. The zero-order chi connectivity index (χ0) is 21.0. The molecule has 0 aliphatic carbocycles. The fourth-order valence-corrected chi connectivity index (χ4v) is 4.20. The van der Waals surface area contributed by atoms with Crippen molar-refractivity contribution in [3.63, 3.8) is 0 Å². The van der Waals surface area contributed by atoms with E-state index < -0.39 is 11.6 Å². The van der Waals surface area contributed by atoms with E-state index in [0.29, 0.717) is 23.2 Å². The maximum Gasteiger partial charge on any atom is 0.253 e. The molecule has 0 saturated carbocycles. The molecule has 0 fully saturated rings. The smallest absolute Gasteiger partial charge is 0.253 e. The molecule has 3 aromatic rings. The van der Waals surface area contributed by atoms with E-state index >= 15 is 0 Å². The Morgan fingerprint density at radius 1 is 1.03 bits per heavy atom. The van der Waals surface area contributed by atoms with Crippen molar-refractivity contribution in [3.8, 4) is 11.3 Å². The van der Waals surface area contributed by atoms with Gasteiger partial charge in [-0.3, -0.25) is 4.79 Å². The number of amides is 1. The predicted molar refractivity (Wildman–Crippen MR) is 109 cm³/mol. The minimum atomic E-state index is -0.687. The van der Waals surface area contributed by atoms with E-state index in [1.54, 1.807) is 6.07 Å². The van der Waals surface area contributed by atoms with Crippen LogP contribution >= 0.6 is 0 Å². The Morgan fingerprint density at radius 3 is 2.57 bits per heavy atom. The van der Waals surface area contributed by atoms with Crippen molar-refractivity contribution >= 4 is 11.7 Å². The Hall–Kier alpha value is -3.35. The first-order valence-electron chi connectivity index (χ1n) is 9.83. The maximum absolute atomic E-state index is 14.4. The first-order chi connectivity index (χ1) is 14.3. The third kappa shape index (κ3) is 2.93. The molecular formula is C23H20F2N4O. The van der Waals surface area contributed by atoms with E-state index in [2.05, 4.69) is 35.5 Å². The van der Waals surface area contributed by atoms with E-state index in [0.717, 1.165) is 23.6 Å². The topological polar surface area (TPSA) is 66.9 Å². The first-order valence-corrected chi connectivity index (χ1v) is 9.83. The van der Waals surface area contributed by atoms with Crippen molar-refractivity contribution in [2.24, 2.45) is 0 Å². The number of benzene rings is 1. The molecule has 2 aromatic heterocycles. The molecule has 0 spiro atoms. The van der Waals surface area contributed by atoms with Gasteiger partial charge in [0.15, 0.2) is 0 Å². The van der Waals surface area contributed by atoms with Crippen LogP contribution in [0.4, 0.5) is 14.6 Å². The second-order valence-electron chi connectivity index (χ2n) is 8.38. The number of hydrogen-bond donors (Lipinski definition) is 2. The van der Waals surface area contributed by atoms with Gasteiger partial charge in [-0.2, -0.15) is 0 Å². The molecule has 7 heteroatoms. The summed E-state index contributed by atoms with van der Waals surface area (Å²) < 4.78 is 28.7. The van der Waals surface area contributed by atoms with Gasteiger partial charge in [0.25, 0.3) is 5.91 Å². The van der Waals surface area contributed by atoms with Gasteiger partial charge in [0.2, 0.25) is 0 Å². The number of fused-ring (bicyclic) bond motifs is 2. The fourth-order valence-electron chi connectivity index (χ4n) is 4.20. The molecule has 5 rings (SSSR count). The number of carbonyl (C=O) groups is 1. The van der Waals surface area contributed by atoms with Gasteiger partial charge in [0.1, 0.15) is 17.5 Å². The summed E-state index contributed by atoms with van der Waals surface area (Å²) in [6, 6.07) is 9.30. The summed E-state index contributed by atoms with van der Waals surface area (Å²) in [7, 11) is 0. The second-order valence-corrected chi connectivity index (χ2v) is 8.38. The highest BCUT2D eigenvalue weighted by Crippen LogP contribution is 2.35. The number of halogens is 2. The van der Waals surface area contributed by atoms with E-state index in [9.17, 15) is 13.6 Å². The summed E-state index contributed by atoms with van der Waals surface area (Å²) in [5.74, 6) is -0.762. The number of pyridine rings is 2. The Kier molecular flexibility index (Phi) is 4.10. The number of anilines is 1. The first kappa shape index (κ1) is 18.7. The molecule has 0 saturated heterocycles. The Bertz CT molecular complexity index is 1190. The van der Waals surface area contributed by atoms with Crippen LogP contribution in [0.5, 0.6) is 0 Å². The molecule has 4 heterocycles. The fraction of sp³-hybridized carbons (Fsp3) is 0.261. The zero-order valence-electron chi connectivity index (χ0n) is 16.6. The van der Waals surface area contributed by atoms with Crippen molar-refractivity contribution in [3.05, 3.63) is 76.1 Å². The average Bonchev–Trinajstić information content (AvgIpc) is 3.21. The molecule has 1 amide bonds. The van der Waals surface area contributed by atoms with Gasteiger partial charge in [-0.25, -0.2) is 18.7 Å². The van der Waals surface area contributed by atoms with Crippen LogP contribution in [0.1, 0.15) is 46.7 Å². The molecule has 2 N–H and O–H groups in total. The molecule has 0 radical (unpaired) electrons. The highest BCUT2D eigenvalue weighted by molar-refractivity contribution is 5.99. The lowest BCUT2D eigenvalue weighted by Gasteiger charge is -2.16. The summed E-state index contributed by atoms with van der Waals surface area (Å²) in [5, 5.41) is 6.08. The van der Waals surface area contributed by atoms with Gasteiger partial charge >= 0.3 is 0 Å². The molecule has 2 aliphatic heterocycles. The number of aromatic nitrogens is 2. The molecule has 1 aromatic carbocycles. The summed E-state index contributed by atoms with van der Waals surface area (Å²) in [5.41, 5.74) is 3.53. The minimum Gasteiger partial charge on any atom is -0.369 e. The molecule has 2 aliphatic rings.